The van der Waals surface area contributed by atoms with Crippen molar-refractivity contribution in [1.29, 1.82) is 0 Å². The third kappa shape index (κ3) is 4.44. The summed E-state index contributed by atoms with van der Waals surface area (Å²) < 4.78 is 7.12. The first kappa shape index (κ1) is 21.4. The lowest BCUT2D eigenvalue weighted by molar-refractivity contribution is -0.122. The smallest absolute Gasteiger partial charge is 0.230 e. The summed E-state index contributed by atoms with van der Waals surface area (Å²) in [6.45, 7) is 0.846. The molecule has 1 aliphatic rings. The van der Waals surface area contributed by atoms with Crippen LogP contribution in [0.2, 0.25) is 0 Å². The van der Waals surface area contributed by atoms with Crippen LogP contribution in [-0.4, -0.2) is 49.3 Å². The number of anilines is 3. The number of carbonyl (C=O) groups excluding carboxylic acids is 2. The minimum atomic E-state index is -0.449. The Morgan fingerprint density at radius 3 is 2.62 bits per heavy atom. The number of aromatic nitrogens is 2. The van der Waals surface area contributed by atoms with E-state index < -0.39 is 5.92 Å². The van der Waals surface area contributed by atoms with Crippen LogP contribution in [0.15, 0.2) is 60.8 Å². The molecule has 32 heavy (non-hydrogen) atoms. The topological polar surface area (TPSA) is 79.7 Å². The second-order valence-corrected chi connectivity index (χ2v) is 8.00. The quantitative estimate of drug-likeness (QED) is 0.620. The average Bonchev–Trinajstić information content (AvgIpc) is 3.40. The predicted octanol–water partition coefficient (Wildman–Crippen LogP) is 3.00. The van der Waals surface area contributed by atoms with E-state index in [0.29, 0.717) is 30.3 Å². The molecule has 166 valence electrons. The second-order valence-electron chi connectivity index (χ2n) is 8.00. The van der Waals surface area contributed by atoms with Gasteiger partial charge in [-0.2, -0.15) is 5.10 Å². The van der Waals surface area contributed by atoms with Crippen LogP contribution in [0.3, 0.4) is 0 Å². The van der Waals surface area contributed by atoms with Gasteiger partial charge in [-0.15, -0.1) is 0 Å². The monoisotopic (exact) mass is 433 g/mol. The van der Waals surface area contributed by atoms with Crippen LogP contribution in [0.5, 0.6) is 5.75 Å². The highest BCUT2D eigenvalue weighted by molar-refractivity contribution is 6.04. The van der Waals surface area contributed by atoms with E-state index in [1.165, 1.54) is 0 Å². The van der Waals surface area contributed by atoms with Gasteiger partial charge in [-0.3, -0.25) is 9.59 Å². The van der Waals surface area contributed by atoms with Crippen LogP contribution in [0.1, 0.15) is 12.0 Å². The number of para-hydroxylation sites is 2. The van der Waals surface area contributed by atoms with Crippen molar-refractivity contribution in [2.45, 2.75) is 13.0 Å². The molecule has 0 saturated carbocycles. The van der Waals surface area contributed by atoms with E-state index >= 15 is 0 Å². The fraction of sp³-hybridized carbons (Fsp3) is 0.292. The van der Waals surface area contributed by atoms with Crippen LogP contribution in [0, 0.1) is 5.92 Å². The maximum atomic E-state index is 12.9. The Morgan fingerprint density at radius 2 is 1.91 bits per heavy atom. The highest BCUT2D eigenvalue weighted by Gasteiger charge is 2.36. The number of nitrogens with one attached hydrogen (secondary N) is 1. The zero-order valence-electron chi connectivity index (χ0n) is 18.5. The molecule has 2 amide bonds. The van der Waals surface area contributed by atoms with Crippen molar-refractivity contribution < 1.29 is 14.3 Å². The van der Waals surface area contributed by atoms with E-state index in [1.807, 2.05) is 61.5 Å². The van der Waals surface area contributed by atoms with Gasteiger partial charge in [-0.25, -0.2) is 4.68 Å². The SMILES string of the molecule is COc1ccccc1N1CC(C(=O)Nc2ccnn2Cc2ccc(N(C)C)cc2)CC1=O. The highest BCUT2D eigenvalue weighted by atomic mass is 16.5. The van der Waals surface area contributed by atoms with Crippen molar-refractivity contribution in [1.82, 2.24) is 9.78 Å². The molecule has 1 unspecified atom stereocenters. The lowest BCUT2D eigenvalue weighted by atomic mass is 10.1. The van der Waals surface area contributed by atoms with E-state index in [4.69, 9.17) is 4.74 Å². The molecular formula is C24H27N5O3. The summed E-state index contributed by atoms with van der Waals surface area (Å²) in [4.78, 5) is 29.2. The lowest BCUT2D eigenvalue weighted by Crippen LogP contribution is -2.29. The molecule has 1 atom stereocenters. The van der Waals surface area contributed by atoms with Crippen molar-refractivity contribution >= 4 is 29.0 Å². The normalized spacial score (nSPS) is 15.7. The first-order valence-corrected chi connectivity index (χ1v) is 10.5. The zero-order chi connectivity index (χ0) is 22.7. The Hall–Kier alpha value is -3.81. The summed E-state index contributed by atoms with van der Waals surface area (Å²) in [7, 11) is 5.57. The van der Waals surface area contributed by atoms with Crippen LogP contribution < -0.4 is 19.9 Å². The minimum Gasteiger partial charge on any atom is -0.495 e. The molecule has 0 radical (unpaired) electrons. The van der Waals surface area contributed by atoms with Crippen molar-refractivity contribution in [2.75, 3.05) is 42.9 Å². The zero-order valence-corrected chi connectivity index (χ0v) is 18.5. The van der Waals surface area contributed by atoms with Gasteiger partial charge in [0.1, 0.15) is 11.6 Å². The summed E-state index contributed by atoms with van der Waals surface area (Å²) >= 11 is 0. The standard InChI is InChI=1S/C24H27N5O3/c1-27(2)19-10-8-17(9-11-19)15-29-22(12-13-25-29)26-24(31)18-14-23(30)28(16-18)20-6-4-5-7-21(20)32-3/h4-13,18H,14-16H2,1-3H3,(H,26,31). The fourth-order valence-corrected chi connectivity index (χ4v) is 3.83. The number of nitrogens with zero attached hydrogens (tertiary/aromatic N) is 4. The number of benzene rings is 2. The summed E-state index contributed by atoms with van der Waals surface area (Å²) in [6.07, 6.45) is 1.81. The largest absolute Gasteiger partial charge is 0.495 e. The molecule has 3 aromatic rings. The molecule has 0 spiro atoms. The first-order chi connectivity index (χ1) is 15.5. The molecule has 1 aliphatic heterocycles. The molecule has 0 bridgehead atoms. The Balaban J connectivity index is 1.43. The number of hydrogen-bond donors (Lipinski definition) is 1. The van der Waals surface area contributed by atoms with Crippen LogP contribution >= 0.6 is 0 Å². The van der Waals surface area contributed by atoms with E-state index in [0.717, 1.165) is 11.3 Å². The minimum absolute atomic E-state index is 0.0934. The van der Waals surface area contributed by atoms with Gasteiger partial charge in [-0.1, -0.05) is 24.3 Å². The van der Waals surface area contributed by atoms with Crippen molar-refractivity contribution in [2.24, 2.45) is 5.92 Å². The number of rotatable bonds is 7. The molecular weight excluding hydrogens is 406 g/mol. The number of amides is 2. The van der Waals surface area contributed by atoms with E-state index in [-0.39, 0.29) is 18.2 Å². The van der Waals surface area contributed by atoms with Gasteiger partial charge < -0.3 is 19.9 Å². The van der Waals surface area contributed by atoms with Crippen molar-refractivity contribution in [3.63, 3.8) is 0 Å². The third-order valence-electron chi connectivity index (χ3n) is 5.62. The molecule has 4 rings (SSSR count). The first-order valence-electron chi connectivity index (χ1n) is 10.5. The Bertz CT molecular complexity index is 1110. The molecule has 2 heterocycles. The summed E-state index contributed by atoms with van der Waals surface area (Å²) in [5, 5.41) is 7.29. The van der Waals surface area contributed by atoms with Gasteiger partial charge >= 0.3 is 0 Å². The summed E-state index contributed by atoms with van der Waals surface area (Å²) in [6, 6.07) is 17.3. The van der Waals surface area contributed by atoms with Crippen LogP contribution in [0.4, 0.5) is 17.2 Å². The fourth-order valence-electron chi connectivity index (χ4n) is 3.83. The maximum Gasteiger partial charge on any atom is 0.230 e. The maximum absolute atomic E-state index is 12.9. The van der Waals surface area contributed by atoms with Gasteiger partial charge in [0.25, 0.3) is 0 Å². The van der Waals surface area contributed by atoms with Crippen LogP contribution in [0.25, 0.3) is 0 Å². The molecule has 1 fully saturated rings. The third-order valence-corrected chi connectivity index (χ3v) is 5.62. The van der Waals surface area contributed by atoms with Crippen molar-refractivity contribution in [3.8, 4) is 5.75 Å². The Kier molecular flexibility index (Phi) is 6.11. The van der Waals surface area contributed by atoms with E-state index in [1.54, 1.807) is 35.0 Å². The van der Waals surface area contributed by atoms with Gasteiger partial charge in [0.05, 0.1) is 31.5 Å². The predicted molar refractivity (Wildman–Crippen MR) is 124 cm³/mol. The second kappa shape index (κ2) is 9.13. The number of methoxy groups -OCH3 is 1. The molecule has 2 aromatic carbocycles. The summed E-state index contributed by atoms with van der Waals surface area (Å²) in [5.41, 5.74) is 2.88. The molecule has 1 saturated heterocycles. The number of carbonyl (C=O) groups is 2. The number of ether oxygens (including phenoxy) is 1. The number of hydrogen-bond acceptors (Lipinski definition) is 5. The van der Waals surface area contributed by atoms with E-state index in [2.05, 4.69) is 10.4 Å². The Morgan fingerprint density at radius 1 is 1.16 bits per heavy atom. The lowest BCUT2D eigenvalue weighted by Gasteiger charge is -2.19. The van der Waals surface area contributed by atoms with Gasteiger partial charge in [0.2, 0.25) is 11.8 Å². The highest BCUT2D eigenvalue weighted by Crippen LogP contribution is 2.33. The molecule has 1 aromatic heterocycles. The molecule has 1 N–H and O–H groups in total. The van der Waals surface area contributed by atoms with Crippen LogP contribution in [-0.2, 0) is 16.1 Å². The summed E-state index contributed by atoms with van der Waals surface area (Å²) in [5.74, 6) is 0.481. The van der Waals surface area contributed by atoms with Gasteiger partial charge in [0.15, 0.2) is 0 Å². The van der Waals surface area contributed by atoms with Gasteiger partial charge in [0, 0.05) is 38.8 Å². The molecule has 8 heteroatoms. The van der Waals surface area contributed by atoms with E-state index in [9.17, 15) is 9.59 Å². The van der Waals surface area contributed by atoms with Gasteiger partial charge in [-0.05, 0) is 29.8 Å². The molecule has 0 aliphatic carbocycles. The average molecular weight is 434 g/mol. The molecule has 8 nitrogen and oxygen atoms in total. The Labute approximate surface area is 187 Å². The van der Waals surface area contributed by atoms with Crippen molar-refractivity contribution in [3.05, 3.63) is 66.4 Å².